The molecule has 0 aliphatic carbocycles. The van der Waals surface area contributed by atoms with Gasteiger partial charge in [-0.1, -0.05) is 20.8 Å². The summed E-state index contributed by atoms with van der Waals surface area (Å²) in [6, 6.07) is 1.30. The molecule has 0 atom stereocenters. The lowest BCUT2D eigenvalue weighted by atomic mass is 9.86. The molecule has 100 valence electrons. The molecule has 1 aromatic carbocycles. The first kappa shape index (κ1) is 14.5. The third-order valence-corrected chi connectivity index (χ3v) is 3.20. The van der Waals surface area contributed by atoms with Crippen LogP contribution in [0.5, 0.6) is 0 Å². The van der Waals surface area contributed by atoms with Gasteiger partial charge >= 0.3 is 0 Å². The average Bonchev–Trinajstić information content (AvgIpc) is 2.13. The highest BCUT2D eigenvalue weighted by Gasteiger charge is 2.30. The SMILES string of the molecule is CC(C)(C)c1cc(F)c(S(=O)(=O)O)cc1[N+](=O)[O-]. The van der Waals surface area contributed by atoms with Gasteiger partial charge in [-0.05, 0) is 11.5 Å². The Bertz CT molecular complexity index is 603. The van der Waals surface area contributed by atoms with E-state index in [0.717, 1.165) is 6.07 Å². The molecule has 0 fully saturated rings. The molecular formula is C10H12FNO5S. The summed E-state index contributed by atoms with van der Waals surface area (Å²) < 4.78 is 44.1. The molecule has 0 saturated heterocycles. The maximum atomic E-state index is 13.6. The first-order chi connectivity index (χ1) is 7.94. The van der Waals surface area contributed by atoms with Crippen molar-refractivity contribution in [2.45, 2.75) is 31.1 Å². The molecule has 0 bridgehead atoms. The first-order valence-corrected chi connectivity index (χ1v) is 6.34. The fraction of sp³-hybridized carbons (Fsp3) is 0.400. The fourth-order valence-corrected chi connectivity index (χ4v) is 2.06. The van der Waals surface area contributed by atoms with Crippen LogP contribution in [0.1, 0.15) is 26.3 Å². The number of nitro groups is 1. The van der Waals surface area contributed by atoms with Gasteiger partial charge in [-0.15, -0.1) is 0 Å². The van der Waals surface area contributed by atoms with E-state index in [2.05, 4.69) is 0 Å². The van der Waals surface area contributed by atoms with E-state index in [0.29, 0.717) is 6.07 Å². The minimum atomic E-state index is -4.83. The largest absolute Gasteiger partial charge is 0.297 e. The molecular weight excluding hydrogens is 265 g/mol. The normalized spacial score (nSPS) is 12.5. The van der Waals surface area contributed by atoms with Crippen molar-refractivity contribution in [3.63, 3.8) is 0 Å². The average molecular weight is 277 g/mol. The zero-order valence-electron chi connectivity index (χ0n) is 9.97. The molecule has 1 aromatic rings. The molecule has 1 N–H and O–H groups in total. The van der Waals surface area contributed by atoms with E-state index in [1.807, 2.05) is 0 Å². The number of benzene rings is 1. The van der Waals surface area contributed by atoms with E-state index in [1.165, 1.54) is 0 Å². The highest BCUT2D eigenvalue weighted by atomic mass is 32.2. The first-order valence-electron chi connectivity index (χ1n) is 4.90. The van der Waals surface area contributed by atoms with Crippen LogP contribution in [0, 0.1) is 15.9 Å². The zero-order valence-corrected chi connectivity index (χ0v) is 10.8. The summed E-state index contributed by atoms with van der Waals surface area (Å²) in [6.45, 7) is 4.88. The van der Waals surface area contributed by atoms with Gasteiger partial charge in [-0.3, -0.25) is 14.7 Å². The standard InChI is InChI=1S/C10H12FNO5S/c1-10(2,3)6-4-7(11)9(18(15,16)17)5-8(6)12(13)14/h4-5H,1-3H3,(H,15,16,17). The van der Waals surface area contributed by atoms with Gasteiger partial charge in [0.15, 0.2) is 0 Å². The van der Waals surface area contributed by atoms with Gasteiger partial charge in [0.2, 0.25) is 0 Å². The summed E-state index contributed by atoms with van der Waals surface area (Å²) in [5, 5.41) is 10.9. The van der Waals surface area contributed by atoms with Crippen LogP contribution < -0.4 is 0 Å². The van der Waals surface area contributed by atoms with Gasteiger partial charge in [0, 0.05) is 11.6 Å². The van der Waals surface area contributed by atoms with Crippen molar-refractivity contribution in [1.29, 1.82) is 0 Å². The molecule has 0 aliphatic heterocycles. The quantitative estimate of drug-likeness (QED) is 0.508. The van der Waals surface area contributed by atoms with Crippen LogP contribution in [-0.2, 0) is 15.5 Å². The summed E-state index contributed by atoms with van der Waals surface area (Å²) in [7, 11) is -4.83. The number of nitro benzene ring substituents is 1. The number of hydrogen-bond acceptors (Lipinski definition) is 4. The molecule has 0 saturated carbocycles. The third kappa shape index (κ3) is 2.82. The summed E-state index contributed by atoms with van der Waals surface area (Å²) in [4.78, 5) is 8.96. The van der Waals surface area contributed by atoms with Crippen LogP contribution >= 0.6 is 0 Å². The molecule has 0 aliphatic rings. The fourth-order valence-electron chi connectivity index (χ4n) is 1.49. The van der Waals surface area contributed by atoms with E-state index < -0.39 is 36.9 Å². The van der Waals surface area contributed by atoms with E-state index in [1.54, 1.807) is 20.8 Å². The lowest BCUT2D eigenvalue weighted by Crippen LogP contribution is -2.16. The summed E-state index contributed by atoms with van der Waals surface area (Å²) >= 11 is 0. The summed E-state index contributed by atoms with van der Waals surface area (Å²) in [5.74, 6) is -1.21. The number of halogens is 1. The van der Waals surface area contributed by atoms with Crippen molar-refractivity contribution in [1.82, 2.24) is 0 Å². The van der Waals surface area contributed by atoms with E-state index in [4.69, 9.17) is 4.55 Å². The van der Waals surface area contributed by atoms with Crippen LogP contribution in [0.4, 0.5) is 10.1 Å². The number of hydrogen-bond donors (Lipinski definition) is 1. The second-order valence-corrected chi connectivity index (χ2v) is 6.17. The van der Waals surface area contributed by atoms with Gasteiger partial charge in [0.1, 0.15) is 10.7 Å². The maximum Gasteiger partial charge on any atom is 0.297 e. The van der Waals surface area contributed by atoms with E-state index in [-0.39, 0.29) is 5.56 Å². The van der Waals surface area contributed by atoms with Gasteiger partial charge < -0.3 is 0 Å². The number of nitrogens with zero attached hydrogens (tertiary/aromatic N) is 1. The minimum absolute atomic E-state index is 0.0531. The third-order valence-electron chi connectivity index (χ3n) is 2.33. The Morgan fingerprint density at radius 1 is 1.33 bits per heavy atom. The molecule has 0 radical (unpaired) electrons. The highest BCUT2D eigenvalue weighted by molar-refractivity contribution is 7.85. The van der Waals surface area contributed by atoms with Crippen LogP contribution in [0.2, 0.25) is 0 Å². The predicted molar refractivity (Wildman–Crippen MR) is 61.6 cm³/mol. The second kappa shape index (κ2) is 4.29. The van der Waals surface area contributed by atoms with Crippen molar-refractivity contribution in [2.24, 2.45) is 0 Å². The van der Waals surface area contributed by atoms with Crippen molar-refractivity contribution < 1.29 is 22.3 Å². The van der Waals surface area contributed by atoms with Crippen molar-refractivity contribution in [3.05, 3.63) is 33.6 Å². The Morgan fingerprint density at radius 3 is 2.17 bits per heavy atom. The molecule has 0 amide bonds. The molecule has 0 heterocycles. The molecule has 0 unspecified atom stereocenters. The Hall–Kier alpha value is -1.54. The Kier molecular flexibility index (Phi) is 3.46. The molecule has 0 spiro atoms. The van der Waals surface area contributed by atoms with E-state index >= 15 is 0 Å². The summed E-state index contributed by atoms with van der Waals surface area (Å²) in [5.41, 5.74) is -1.23. The Labute approximate surface area is 103 Å². The number of rotatable bonds is 2. The Balaban J connectivity index is 3.71. The van der Waals surface area contributed by atoms with Crippen LogP contribution in [-0.4, -0.2) is 17.9 Å². The minimum Gasteiger partial charge on any atom is -0.282 e. The molecule has 0 aromatic heterocycles. The lowest BCUT2D eigenvalue weighted by Gasteiger charge is -2.19. The van der Waals surface area contributed by atoms with Gasteiger partial charge in [0.05, 0.1) is 4.92 Å². The molecule has 8 heteroatoms. The van der Waals surface area contributed by atoms with Gasteiger partial charge in [-0.25, -0.2) is 4.39 Å². The topological polar surface area (TPSA) is 97.5 Å². The second-order valence-electron chi connectivity index (χ2n) is 4.78. The molecule has 6 nitrogen and oxygen atoms in total. The smallest absolute Gasteiger partial charge is 0.282 e. The van der Waals surface area contributed by atoms with E-state index in [9.17, 15) is 22.9 Å². The zero-order chi connectivity index (χ0) is 14.3. The predicted octanol–water partition coefficient (Wildman–Crippen LogP) is 2.28. The van der Waals surface area contributed by atoms with Crippen molar-refractivity contribution in [2.75, 3.05) is 0 Å². The monoisotopic (exact) mass is 277 g/mol. The van der Waals surface area contributed by atoms with Crippen LogP contribution in [0.25, 0.3) is 0 Å². The molecule has 18 heavy (non-hydrogen) atoms. The Morgan fingerprint density at radius 2 is 1.83 bits per heavy atom. The summed E-state index contributed by atoms with van der Waals surface area (Å²) in [6.07, 6.45) is 0. The van der Waals surface area contributed by atoms with Crippen molar-refractivity contribution in [3.8, 4) is 0 Å². The van der Waals surface area contributed by atoms with Crippen LogP contribution in [0.3, 0.4) is 0 Å². The highest BCUT2D eigenvalue weighted by Crippen LogP contribution is 2.34. The maximum absolute atomic E-state index is 13.6. The van der Waals surface area contributed by atoms with Gasteiger partial charge in [0.25, 0.3) is 15.8 Å². The molecule has 1 rings (SSSR count). The lowest BCUT2D eigenvalue weighted by molar-refractivity contribution is -0.386. The van der Waals surface area contributed by atoms with Crippen LogP contribution in [0.15, 0.2) is 17.0 Å². The van der Waals surface area contributed by atoms with Gasteiger partial charge in [-0.2, -0.15) is 8.42 Å². The van der Waals surface area contributed by atoms with Crippen molar-refractivity contribution >= 4 is 15.8 Å².